The molecule has 0 bridgehead atoms. The van der Waals surface area contributed by atoms with Gasteiger partial charge in [-0.25, -0.2) is 14.6 Å². The molecule has 0 fully saturated rings. The lowest BCUT2D eigenvalue weighted by atomic mass is 10.2. The fraction of sp³-hybridized carbons (Fsp3) is 0.333. The van der Waals surface area contributed by atoms with E-state index in [0.29, 0.717) is 16.3 Å². The van der Waals surface area contributed by atoms with Crippen LogP contribution < -0.4 is 15.6 Å². The topological polar surface area (TPSA) is 79.5 Å². The number of esters is 1. The minimum atomic E-state index is -0.677. The van der Waals surface area contributed by atoms with E-state index in [1.54, 1.807) is 0 Å². The standard InChI is InChI=1S/C12H15ClFN3O3S/c1-7(11(18)20-2)15-16-12(19)17-21-6-8-5-9(14)3-4-10(8)13/h3-5,7,15H,6H2,1-2H3,(H2,16,17,19). The molecule has 9 heteroatoms. The number of hydrogen-bond acceptors (Lipinski definition) is 5. The highest BCUT2D eigenvalue weighted by Crippen LogP contribution is 2.20. The van der Waals surface area contributed by atoms with E-state index < -0.39 is 23.9 Å². The number of carbonyl (C=O) groups excluding carboxylic acids is 2. The zero-order valence-electron chi connectivity index (χ0n) is 11.4. The molecule has 1 aromatic rings. The second-order valence-electron chi connectivity index (χ2n) is 3.97. The highest BCUT2D eigenvalue weighted by atomic mass is 35.5. The van der Waals surface area contributed by atoms with Crippen LogP contribution in [0.25, 0.3) is 0 Å². The van der Waals surface area contributed by atoms with E-state index in [4.69, 9.17) is 11.6 Å². The number of methoxy groups -OCH3 is 1. The maximum Gasteiger partial charge on any atom is 0.339 e. The monoisotopic (exact) mass is 335 g/mol. The number of hydrazine groups is 1. The molecule has 0 aliphatic carbocycles. The van der Waals surface area contributed by atoms with Crippen molar-refractivity contribution in [2.24, 2.45) is 0 Å². The van der Waals surface area contributed by atoms with Gasteiger partial charge in [0.15, 0.2) is 0 Å². The van der Waals surface area contributed by atoms with Gasteiger partial charge in [-0.1, -0.05) is 11.6 Å². The Morgan fingerprint density at radius 3 is 2.86 bits per heavy atom. The first-order chi connectivity index (χ1) is 9.93. The summed E-state index contributed by atoms with van der Waals surface area (Å²) in [6.45, 7) is 1.53. The minimum Gasteiger partial charge on any atom is -0.468 e. The Morgan fingerprint density at radius 1 is 1.48 bits per heavy atom. The predicted molar refractivity (Wildman–Crippen MR) is 79.0 cm³/mol. The number of ether oxygens (including phenoxy) is 1. The number of nitrogens with one attached hydrogen (secondary N) is 3. The summed E-state index contributed by atoms with van der Waals surface area (Å²) in [6.07, 6.45) is 0. The van der Waals surface area contributed by atoms with Crippen LogP contribution in [0.3, 0.4) is 0 Å². The normalized spacial score (nSPS) is 11.6. The molecule has 6 nitrogen and oxygen atoms in total. The van der Waals surface area contributed by atoms with Gasteiger partial charge in [0.1, 0.15) is 11.9 Å². The Morgan fingerprint density at radius 2 is 2.19 bits per heavy atom. The molecule has 2 amide bonds. The summed E-state index contributed by atoms with van der Waals surface area (Å²) in [5.41, 5.74) is 5.31. The van der Waals surface area contributed by atoms with Gasteiger partial charge in [-0.15, -0.1) is 0 Å². The predicted octanol–water partition coefficient (Wildman–Crippen LogP) is 1.99. The molecule has 0 aliphatic rings. The van der Waals surface area contributed by atoms with Crippen molar-refractivity contribution in [1.29, 1.82) is 0 Å². The molecule has 0 aliphatic heterocycles. The van der Waals surface area contributed by atoms with Crippen LogP contribution in [-0.2, 0) is 15.3 Å². The minimum absolute atomic E-state index is 0.302. The largest absolute Gasteiger partial charge is 0.468 e. The summed E-state index contributed by atoms with van der Waals surface area (Å²) in [4.78, 5) is 22.5. The Bertz CT molecular complexity index is 519. The van der Waals surface area contributed by atoms with Crippen molar-refractivity contribution >= 4 is 35.5 Å². The van der Waals surface area contributed by atoms with E-state index in [0.717, 1.165) is 11.9 Å². The van der Waals surface area contributed by atoms with Crippen molar-refractivity contribution in [2.45, 2.75) is 18.7 Å². The van der Waals surface area contributed by atoms with Crippen molar-refractivity contribution in [3.8, 4) is 0 Å². The van der Waals surface area contributed by atoms with Crippen LogP contribution in [0.2, 0.25) is 5.02 Å². The summed E-state index contributed by atoms with van der Waals surface area (Å²) in [5, 5.41) is 0.420. The fourth-order valence-corrected chi connectivity index (χ4v) is 2.18. The highest BCUT2D eigenvalue weighted by molar-refractivity contribution is 7.97. The third kappa shape index (κ3) is 6.19. The molecule has 0 saturated carbocycles. The van der Waals surface area contributed by atoms with Crippen LogP contribution in [0.15, 0.2) is 18.2 Å². The van der Waals surface area contributed by atoms with Crippen LogP contribution in [0.4, 0.5) is 9.18 Å². The van der Waals surface area contributed by atoms with E-state index in [-0.39, 0.29) is 0 Å². The first-order valence-electron chi connectivity index (χ1n) is 5.89. The average Bonchev–Trinajstić information content (AvgIpc) is 2.47. The molecule has 1 unspecified atom stereocenters. The number of hydrogen-bond donors (Lipinski definition) is 3. The summed E-state index contributed by atoms with van der Waals surface area (Å²) in [7, 11) is 1.25. The Kier molecular flexibility index (Phi) is 7.27. The van der Waals surface area contributed by atoms with Gasteiger partial charge in [0, 0.05) is 10.8 Å². The Labute approximate surface area is 130 Å². The lowest BCUT2D eigenvalue weighted by Crippen LogP contribution is -2.49. The van der Waals surface area contributed by atoms with Gasteiger partial charge in [0.05, 0.1) is 7.11 Å². The molecule has 0 aromatic heterocycles. The number of urea groups is 1. The van der Waals surface area contributed by atoms with Crippen molar-refractivity contribution < 1.29 is 18.7 Å². The van der Waals surface area contributed by atoms with Crippen LogP contribution >= 0.6 is 23.5 Å². The first-order valence-corrected chi connectivity index (χ1v) is 7.25. The number of rotatable bonds is 6. The third-order valence-corrected chi connectivity index (χ3v) is 3.51. The average molecular weight is 336 g/mol. The fourth-order valence-electron chi connectivity index (χ4n) is 1.27. The maximum atomic E-state index is 13.0. The smallest absolute Gasteiger partial charge is 0.339 e. The highest BCUT2D eigenvalue weighted by Gasteiger charge is 2.13. The van der Waals surface area contributed by atoms with Gasteiger partial charge in [-0.3, -0.25) is 14.9 Å². The van der Waals surface area contributed by atoms with E-state index in [9.17, 15) is 14.0 Å². The molecule has 0 spiro atoms. The van der Waals surface area contributed by atoms with Crippen molar-refractivity contribution in [1.82, 2.24) is 15.6 Å². The lowest BCUT2D eigenvalue weighted by molar-refractivity contribution is -0.142. The summed E-state index contributed by atoms with van der Waals surface area (Å²) in [6, 6.07) is 2.78. The van der Waals surface area contributed by atoms with Gasteiger partial charge in [-0.2, -0.15) is 0 Å². The SMILES string of the molecule is COC(=O)C(C)NNC(=O)NSCc1cc(F)ccc1Cl. The molecule has 21 heavy (non-hydrogen) atoms. The van der Waals surface area contributed by atoms with Crippen molar-refractivity contribution in [2.75, 3.05) is 7.11 Å². The van der Waals surface area contributed by atoms with Crippen LogP contribution in [0.1, 0.15) is 12.5 Å². The van der Waals surface area contributed by atoms with Gasteiger partial charge in [0.25, 0.3) is 0 Å². The number of halogens is 2. The van der Waals surface area contributed by atoms with Crippen molar-refractivity contribution in [3.05, 3.63) is 34.6 Å². The molecule has 1 rings (SSSR count). The molecule has 1 atom stereocenters. The molecular weight excluding hydrogens is 321 g/mol. The third-order valence-electron chi connectivity index (χ3n) is 2.36. The summed E-state index contributed by atoms with van der Waals surface area (Å²) in [5.74, 6) is -0.598. The lowest BCUT2D eigenvalue weighted by Gasteiger charge is -2.13. The Hall–Kier alpha value is -1.51. The summed E-state index contributed by atoms with van der Waals surface area (Å²) < 4.78 is 20.0. The van der Waals surface area contributed by atoms with Crippen LogP contribution in [0, 0.1) is 5.82 Å². The summed E-state index contributed by atoms with van der Waals surface area (Å²) >= 11 is 6.93. The molecule has 1 aromatic carbocycles. The number of amides is 2. The van der Waals surface area contributed by atoms with Gasteiger partial charge in [-0.05, 0) is 42.6 Å². The van der Waals surface area contributed by atoms with Gasteiger partial charge < -0.3 is 4.74 Å². The zero-order valence-corrected chi connectivity index (χ0v) is 13.0. The molecule has 3 N–H and O–H groups in total. The molecule has 0 radical (unpaired) electrons. The van der Waals surface area contributed by atoms with E-state index in [1.807, 2.05) is 0 Å². The van der Waals surface area contributed by atoms with Gasteiger partial charge in [0.2, 0.25) is 0 Å². The van der Waals surface area contributed by atoms with E-state index in [2.05, 4.69) is 20.3 Å². The maximum absolute atomic E-state index is 13.0. The number of benzene rings is 1. The Balaban J connectivity index is 2.30. The second kappa shape index (κ2) is 8.71. The van der Waals surface area contributed by atoms with Crippen LogP contribution in [-0.4, -0.2) is 25.2 Å². The molecule has 0 saturated heterocycles. The van der Waals surface area contributed by atoms with Crippen LogP contribution in [0.5, 0.6) is 0 Å². The van der Waals surface area contributed by atoms with Gasteiger partial charge >= 0.3 is 12.0 Å². The zero-order chi connectivity index (χ0) is 15.8. The number of carbonyl (C=O) groups is 2. The molecular formula is C12H15ClFN3O3S. The van der Waals surface area contributed by atoms with E-state index in [1.165, 1.54) is 32.2 Å². The van der Waals surface area contributed by atoms with Crippen molar-refractivity contribution in [3.63, 3.8) is 0 Å². The molecule has 116 valence electrons. The molecule has 0 heterocycles. The second-order valence-corrected chi connectivity index (χ2v) is 5.16. The van der Waals surface area contributed by atoms with E-state index >= 15 is 0 Å². The quantitative estimate of drug-likeness (QED) is 0.421. The first kappa shape index (κ1) is 17.5.